The average Bonchev–Trinajstić information content (AvgIpc) is 3.13. The molecule has 15 nitrogen and oxygen atoms in total. The van der Waals surface area contributed by atoms with Gasteiger partial charge in [0.25, 0.3) is 23.6 Å². The summed E-state index contributed by atoms with van der Waals surface area (Å²) in [6.07, 6.45) is 2.46. The number of aliphatic hydroxyl groups is 1. The molecular formula is C45H68N6O9. The molecule has 0 radical (unpaired) electrons. The van der Waals surface area contributed by atoms with Gasteiger partial charge in [0, 0.05) is 68.0 Å². The van der Waals surface area contributed by atoms with Crippen molar-refractivity contribution in [3.8, 4) is 0 Å². The number of carbonyl (C=O) groups excluding carboxylic acids is 5. The molecule has 332 valence electrons. The molecule has 3 aliphatic rings. The van der Waals surface area contributed by atoms with Crippen molar-refractivity contribution in [2.24, 2.45) is 0 Å². The molecule has 0 aliphatic carbocycles. The molecule has 1 aromatic rings. The van der Waals surface area contributed by atoms with Gasteiger partial charge in [-0.25, -0.2) is 0 Å². The van der Waals surface area contributed by atoms with E-state index in [1.54, 1.807) is 55.4 Å². The lowest BCUT2D eigenvalue weighted by molar-refractivity contribution is -0.255. The third-order valence-corrected chi connectivity index (χ3v) is 12.7. The Bertz CT molecular complexity index is 1770. The van der Waals surface area contributed by atoms with Crippen molar-refractivity contribution < 1.29 is 44.7 Å². The van der Waals surface area contributed by atoms with Gasteiger partial charge in [-0.3, -0.25) is 33.8 Å². The van der Waals surface area contributed by atoms with Crippen molar-refractivity contribution in [3.05, 3.63) is 72.9 Å². The first-order valence-electron chi connectivity index (χ1n) is 20.6. The maximum Gasteiger partial charge on any atom is 0.261 e. The fourth-order valence-corrected chi connectivity index (χ4v) is 10.4. The predicted octanol–water partition coefficient (Wildman–Crippen LogP) is 6.23. The summed E-state index contributed by atoms with van der Waals surface area (Å²) in [7, 11) is 0. The van der Waals surface area contributed by atoms with Crippen molar-refractivity contribution in [2.75, 3.05) is 0 Å². The van der Waals surface area contributed by atoms with E-state index in [9.17, 15) is 44.7 Å². The molecule has 0 aromatic heterocycles. The number of carbonyl (C=O) groups is 5. The third kappa shape index (κ3) is 9.22. The lowest BCUT2D eigenvalue weighted by atomic mass is 9.78. The van der Waals surface area contributed by atoms with Crippen LogP contribution in [0, 0.1) is 0 Å². The summed E-state index contributed by atoms with van der Waals surface area (Å²) in [5.74, 6) is -3.77. The van der Waals surface area contributed by atoms with Crippen LogP contribution in [-0.4, -0.2) is 132 Å². The normalized spacial score (nSPS) is 23.5. The van der Waals surface area contributed by atoms with Gasteiger partial charge >= 0.3 is 0 Å². The summed E-state index contributed by atoms with van der Waals surface area (Å²) < 4.78 is 0. The molecule has 0 spiro atoms. The minimum atomic E-state index is -1.78. The zero-order valence-electron chi connectivity index (χ0n) is 37.7. The second-order valence-electron chi connectivity index (χ2n) is 20.6. The molecule has 15 heteroatoms. The summed E-state index contributed by atoms with van der Waals surface area (Å²) in [5.41, 5.74) is -5.64. The van der Waals surface area contributed by atoms with Gasteiger partial charge in [-0.15, -0.1) is 0 Å². The van der Waals surface area contributed by atoms with Crippen LogP contribution in [0.2, 0.25) is 0 Å². The Labute approximate surface area is 355 Å². The molecule has 0 saturated carbocycles. The summed E-state index contributed by atoms with van der Waals surface area (Å²) in [5, 5.41) is 49.3. The molecule has 60 heavy (non-hydrogen) atoms. The zero-order valence-corrected chi connectivity index (χ0v) is 37.7. The van der Waals surface area contributed by atoms with Gasteiger partial charge in [0.2, 0.25) is 5.91 Å². The van der Waals surface area contributed by atoms with E-state index in [0.29, 0.717) is 0 Å². The van der Waals surface area contributed by atoms with Gasteiger partial charge in [-0.1, -0.05) is 19.7 Å². The average molecular weight is 837 g/mol. The highest BCUT2D eigenvalue weighted by molar-refractivity contribution is 6.11. The number of benzene rings is 1. The maximum absolute atomic E-state index is 15.0. The zero-order chi connectivity index (χ0) is 45.9. The third-order valence-electron chi connectivity index (χ3n) is 12.7. The van der Waals surface area contributed by atoms with Crippen LogP contribution in [0.25, 0.3) is 0 Å². The number of hydrogen-bond donors (Lipinski definition) is 4. The van der Waals surface area contributed by atoms with Crippen LogP contribution in [0.5, 0.6) is 0 Å². The number of amides is 5. The van der Waals surface area contributed by atoms with E-state index >= 15 is 0 Å². The Morgan fingerprint density at radius 2 is 0.800 bits per heavy atom. The highest BCUT2D eigenvalue weighted by Gasteiger charge is 2.52. The van der Waals surface area contributed by atoms with Gasteiger partial charge in [0.15, 0.2) is 6.23 Å². The second kappa shape index (κ2) is 16.6. The smallest absolute Gasteiger partial charge is 0.261 e. The minimum absolute atomic E-state index is 0.0601. The van der Waals surface area contributed by atoms with Crippen LogP contribution in [0.3, 0.4) is 0 Å². The molecule has 1 aromatic carbocycles. The number of hydrogen-bond acceptors (Lipinski definition) is 12. The molecule has 3 saturated heterocycles. The first-order valence-corrected chi connectivity index (χ1v) is 20.6. The van der Waals surface area contributed by atoms with E-state index in [-0.39, 0.29) is 55.2 Å². The number of imide groups is 2. The van der Waals surface area contributed by atoms with Crippen LogP contribution in [0.15, 0.2) is 56.2 Å². The number of piperidine rings is 3. The fraction of sp³-hybridized carbons (Fsp3) is 0.622. The number of aliphatic hydroxyl groups excluding tert-OH is 1. The summed E-state index contributed by atoms with van der Waals surface area (Å²) in [4.78, 5) is 74.6. The standard InChI is InChI=1S/C45H68N6O9/c1-16-34(52)46(31-22-40(4,5)49(58)41(6,7)23-31)37(55)28-19-29(38(56)47(35(53)17-2)32-24-42(8,9)50(59)43(10,11)25-32)21-30(20-28)39(57)48(36(54)18-3)33-26-44(12,13)51(60)45(14,15)27-33/h16-21,31-33,37,55,58-60H,1-3,22-27H2,4-15H3. The molecule has 1 unspecified atom stereocenters. The van der Waals surface area contributed by atoms with Crippen molar-refractivity contribution in [1.29, 1.82) is 0 Å². The second-order valence-corrected chi connectivity index (χ2v) is 20.6. The maximum atomic E-state index is 15.0. The van der Waals surface area contributed by atoms with Crippen LogP contribution < -0.4 is 0 Å². The van der Waals surface area contributed by atoms with Crippen LogP contribution in [-0.2, 0) is 14.4 Å². The monoisotopic (exact) mass is 837 g/mol. The SMILES string of the molecule is C=CC(=O)N(C(=O)c1cc(C(=O)N(C(=O)C=C)C2CC(C)(C)N(O)C(C)(C)C2)cc(C(O)N(C(=O)C=C)C2CC(C)(C)N(O)C(C)(C)C2)c1)C1CC(C)(C)N(O)C(C)(C)C1. The van der Waals surface area contributed by atoms with Crippen LogP contribution in [0.4, 0.5) is 0 Å². The van der Waals surface area contributed by atoms with E-state index in [4.69, 9.17) is 0 Å². The molecule has 3 fully saturated rings. The van der Waals surface area contributed by atoms with Crippen molar-refractivity contribution in [1.82, 2.24) is 29.9 Å². The first kappa shape index (κ1) is 48.6. The molecule has 4 N–H and O–H groups in total. The predicted molar refractivity (Wildman–Crippen MR) is 226 cm³/mol. The van der Waals surface area contributed by atoms with Gasteiger partial charge in [0.1, 0.15) is 0 Å². The van der Waals surface area contributed by atoms with E-state index in [2.05, 4.69) is 19.7 Å². The summed E-state index contributed by atoms with van der Waals surface area (Å²) >= 11 is 0. The molecule has 1 atom stereocenters. The van der Waals surface area contributed by atoms with Crippen molar-refractivity contribution in [3.63, 3.8) is 0 Å². The highest BCUT2D eigenvalue weighted by atomic mass is 16.5. The van der Waals surface area contributed by atoms with E-state index in [1.165, 1.54) is 38.3 Å². The molecule has 4 rings (SSSR count). The molecule has 3 heterocycles. The summed E-state index contributed by atoms with van der Waals surface area (Å²) in [6.45, 7) is 32.5. The topological polar surface area (TPSA) is 186 Å². The van der Waals surface area contributed by atoms with Crippen molar-refractivity contribution >= 4 is 29.5 Å². The van der Waals surface area contributed by atoms with Crippen molar-refractivity contribution in [2.45, 2.75) is 179 Å². The molecular weight excluding hydrogens is 769 g/mol. The number of nitrogens with zero attached hydrogens (tertiary/aromatic N) is 6. The van der Waals surface area contributed by atoms with E-state index < -0.39 is 87.1 Å². The Kier molecular flexibility index (Phi) is 13.5. The Morgan fingerprint density at radius 3 is 1.07 bits per heavy atom. The highest BCUT2D eigenvalue weighted by Crippen LogP contribution is 2.43. The molecule has 3 aliphatic heterocycles. The van der Waals surface area contributed by atoms with Crippen LogP contribution >= 0.6 is 0 Å². The van der Waals surface area contributed by atoms with Gasteiger partial charge in [-0.05, 0) is 158 Å². The quantitative estimate of drug-likeness (QED) is 0.154. The Balaban J connectivity index is 1.98. The lowest BCUT2D eigenvalue weighted by Gasteiger charge is -2.54. The largest absolute Gasteiger partial charge is 0.369 e. The van der Waals surface area contributed by atoms with Gasteiger partial charge in [-0.2, -0.15) is 15.2 Å². The van der Waals surface area contributed by atoms with E-state index in [0.717, 1.165) is 28.0 Å². The summed E-state index contributed by atoms with van der Waals surface area (Å²) in [6, 6.07) is 1.74. The number of rotatable bonds is 10. The Hall–Kier alpha value is -4.09. The molecule has 5 amide bonds. The number of hydroxylamine groups is 6. The fourth-order valence-electron chi connectivity index (χ4n) is 10.4. The van der Waals surface area contributed by atoms with Gasteiger partial charge in [0.05, 0.1) is 0 Å². The lowest BCUT2D eigenvalue weighted by Crippen LogP contribution is -2.64. The molecule has 0 bridgehead atoms. The first-order chi connectivity index (χ1) is 27.3. The van der Waals surface area contributed by atoms with E-state index in [1.807, 2.05) is 27.7 Å². The van der Waals surface area contributed by atoms with Crippen LogP contribution in [0.1, 0.15) is 154 Å². The minimum Gasteiger partial charge on any atom is -0.369 e. The van der Waals surface area contributed by atoms with Gasteiger partial charge < -0.3 is 25.6 Å². The Morgan fingerprint density at radius 1 is 0.533 bits per heavy atom.